The van der Waals surface area contributed by atoms with Gasteiger partial charge in [0.15, 0.2) is 0 Å². The summed E-state index contributed by atoms with van der Waals surface area (Å²) in [7, 11) is 0. The molecule has 0 bridgehead atoms. The van der Waals surface area contributed by atoms with Crippen LogP contribution in [0, 0.1) is 0 Å². The molecule has 1 aromatic carbocycles. The zero-order valence-corrected chi connectivity index (χ0v) is 12.3. The van der Waals surface area contributed by atoms with Gasteiger partial charge in [0.25, 0.3) is 0 Å². The average molecular weight is 384 g/mol. The maximum atomic E-state index is 5.56. The van der Waals surface area contributed by atoms with Crippen molar-refractivity contribution in [1.29, 1.82) is 0 Å². The van der Waals surface area contributed by atoms with E-state index in [2.05, 4.69) is 43.8 Å². The third kappa shape index (κ3) is 6.37. The van der Waals surface area contributed by atoms with E-state index >= 15 is 0 Å². The molecule has 4 heteroatoms. The lowest BCUT2D eigenvalue weighted by atomic mass is 10.3. The first-order valence-corrected chi connectivity index (χ1v) is 7.30. The first-order chi connectivity index (χ1) is 7.33. The molecule has 0 amide bonds. The highest BCUT2D eigenvalue weighted by Gasteiger charge is 1.93. The van der Waals surface area contributed by atoms with E-state index in [1.165, 1.54) is 10.8 Å². The van der Waals surface area contributed by atoms with Crippen LogP contribution in [0.15, 0.2) is 28.7 Å². The highest BCUT2D eigenvalue weighted by Crippen LogP contribution is 2.15. The van der Waals surface area contributed by atoms with Gasteiger partial charge in [-0.2, -0.15) is 0 Å². The summed E-state index contributed by atoms with van der Waals surface area (Å²) in [6.07, 6.45) is 1.22. The number of halogens is 2. The van der Waals surface area contributed by atoms with Crippen LogP contribution in [0.4, 0.5) is 0 Å². The van der Waals surface area contributed by atoms with Gasteiger partial charge in [0.05, 0.1) is 0 Å². The van der Waals surface area contributed by atoms with Crippen LogP contribution in [0.3, 0.4) is 0 Å². The smallest absolute Gasteiger partial charge is 0.119 e. The Bertz CT molecular complexity index is 266. The molecule has 0 atom stereocenters. The van der Waals surface area contributed by atoms with Gasteiger partial charge in [-0.05, 0) is 37.2 Å². The SMILES string of the molecule is Brc1ccc(OCCNCCCI)cc1. The summed E-state index contributed by atoms with van der Waals surface area (Å²) in [5, 5.41) is 3.33. The zero-order chi connectivity index (χ0) is 10.9. The van der Waals surface area contributed by atoms with E-state index in [1.54, 1.807) is 0 Å². The summed E-state index contributed by atoms with van der Waals surface area (Å²) in [6, 6.07) is 7.90. The van der Waals surface area contributed by atoms with Crippen molar-refractivity contribution in [2.45, 2.75) is 6.42 Å². The highest BCUT2D eigenvalue weighted by molar-refractivity contribution is 14.1. The van der Waals surface area contributed by atoms with Gasteiger partial charge in [-0.25, -0.2) is 0 Å². The number of hydrogen-bond acceptors (Lipinski definition) is 2. The number of hydrogen-bond donors (Lipinski definition) is 1. The van der Waals surface area contributed by atoms with Gasteiger partial charge in [-0.15, -0.1) is 0 Å². The Morgan fingerprint density at radius 3 is 2.60 bits per heavy atom. The second-order valence-electron chi connectivity index (χ2n) is 3.09. The number of alkyl halides is 1. The number of benzene rings is 1. The maximum Gasteiger partial charge on any atom is 0.119 e. The third-order valence-electron chi connectivity index (χ3n) is 1.85. The first-order valence-electron chi connectivity index (χ1n) is 4.98. The van der Waals surface area contributed by atoms with Gasteiger partial charge in [0, 0.05) is 15.4 Å². The molecule has 0 saturated carbocycles. The molecule has 0 aliphatic rings. The summed E-state index contributed by atoms with van der Waals surface area (Å²) in [6.45, 7) is 2.71. The monoisotopic (exact) mass is 383 g/mol. The van der Waals surface area contributed by atoms with Crippen LogP contribution in [0.2, 0.25) is 0 Å². The molecule has 0 aliphatic carbocycles. The van der Waals surface area contributed by atoms with Crippen molar-refractivity contribution in [3.05, 3.63) is 28.7 Å². The summed E-state index contributed by atoms with van der Waals surface area (Å²) >= 11 is 5.77. The normalized spacial score (nSPS) is 10.3. The van der Waals surface area contributed by atoms with Crippen molar-refractivity contribution >= 4 is 38.5 Å². The lowest BCUT2D eigenvalue weighted by molar-refractivity contribution is 0.314. The Kier molecular flexibility index (Phi) is 7.38. The fraction of sp³-hybridized carbons (Fsp3) is 0.455. The molecule has 0 unspecified atom stereocenters. The molecule has 0 saturated heterocycles. The Morgan fingerprint density at radius 2 is 1.93 bits per heavy atom. The Labute approximate surface area is 113 Å². The van der Waals surface area contributed by atoms with E-state index < -0.39 is 0 Å². The summed E-state index contributed by atoms with van der Waals surface area (Å²) < 4.78 is 7.84. The molecule has 0 aromatic heterocycles. The fourth-order valence-electron chi connectivity index (χ4n) is 1.09. The van der Waals surface area contributed by atoms with Crippen LogP contribution < -0.4 is 10.1 Å². The molecule has 15 heavy (non-hydrogen) atoms. The van der Waals surface area contributed by atoms with Crippen molar-refractivity contribution in [2.75, 3.05) is 24.1 Å². The largest absolute Gasteiger partial charge is 0.492 e. The zero-order valence-electron chi connectivity index (χ0n) is 8.51. The molecular weight excluding hydrogens is 369 g/mol. The molecule has 84 valence electrons. The lowest BCUT2D eigenvalue weighted by Crippen LogP contribution is -2.22. The van der Waals surface area contributed by atoms with E-state index in [9.17, 15) is 0 Å². The Morgan fingerprint density at radius 1 is 1.20 bits per heavy atom. The van der Waals surface area contributed by atoms with Crippen molar-refractivity contribution in [3.63, 3.8) is 0 Å². The average Bonchev–Trinajstić information content (AvgIpc) is 2.26. The second-order valence-corrected chi connectivity index (χ2v) is 5.09. The van der Waals surface area contributed by atoms with Crippen LogP contribution >= 0.6 is 38.5 Å². The topological polar surface area (TPSA) is 21.3 Å². The van der Waals surface area contributed by atoms with Crippen molar-refractivity contribution in [1.82, 2.24) is 5.32 Å². The maximum absolute atomic E-state index is 5.56. The molecule has 0 aliphatic heterocycles. The minimum atomic E-state index is 0.725. The first kappa shape index (κ1) is 13.3. The van der Waals surface area contributed by atoms with Gasteiger partial charge >= 0.3 is 0 Å². The van der Waals surface area contributed by atoms with E-state index in [-0.39, 0.29) is 0 Å². The van der Waals surface area contributed by atoms with Gasteiger partial charge < -0.3 is 10.1 Å². The third-order valence-corrected chi connectivity index (χ3v) is 3.14. The molecule has 0 spiro atoms. The molecule has 0 radical (unpaired) electrons. The molecule has 1 N–H and O–H groups in total. The van der Waals surface area contributed by atoms with Crippen LogP contribution in [0.5, 0.6) is 5.75 Å². The summed E-state index contributed by atoms with van der Waals surface area (Å²) in [5.41, 5.74) is 0. The minimum absolute atomic E-state index is 0.725. The molecular formula is C11H15BrINO. The molecule has 1 rings (SSSR count). The minimum Gasteiger partial charge on any atom is -0.492 e. The van der Waals surface area contributed by atoms with Crippen LogP contribution in [-0.4, -0.2) is 24.1 Å². The highest BCUT2D eigenvalue weighted by atomic mass is 127. The fourth-order valence-corrected chi connectivity index (χ4v) is 1.73. The van der Waals surface area contributed by atoms with Gasteiger partial charge in [0.2, 0.25) is 0 Å². The molecule has 1 aromatic rings. The summed E-state index contributed by atoms with van der Waals surface area (Å²) in [4.78, 5) is 0. The predicted molar refractivity (Wildman–Crippen MR) is 76.0 cm³/mol. The van der Waals surface area contributed by atoms with Crippen molar-refractivity contribution in [3.8, 4) is 5.75 Å². The van der Waals surface area contributed by atoms with E-state index in [0.29, 0.717) is 0 Å². The number of nitrogens with one attached hydrogen (secondary N) is 1. The number of rotatable bonds is 7. The van der Waals surface area contributed by atoms with Gasteiger partial charge in [0.1, 0.15) is 12.4 Å². The molecule has 0 heterocycles. The van der Waals surface area contributed by atoms with Crippen LogP contribution in [-0.2, 0) is 0 Å². The van der Waals surface area contributed by atoms with Gasteiger partial charge in [-0.3, -0.25) is 0 Å². The molecule has 2 nitrogen and oxygen atoms in total. The number of ether oxygens (including phenoxy) is 1. The standard InChI is InChI=1S/C11H15BrINO/c12-10-2-4-11(5-3-10)15-9-8-14-7-1-6-13/h2-5,14H,1,6-9H2. The van der Waals surface area contributed by atoms with Crippen LogP contribution in [0.25, 0.3) is 0 Å². The van der Waals surface area contributed by atoms with E-state index in [4.69, 9.17) is 4.74 Å². The predicted octanol–water partition coefficient (Wildman–Crippen LogP) is 3.24. The lowest BCUT2D eigenvalue weighted by Gasteiger charge is -2.06. The van der Waals surface area contributed by atoms with Crippen molar-refractivity contribution < 1.29 is 4.74 Å². The Balaban J connectivity index is 2.07. The van der Waals surface area contributed by atoms with Crippen molar-refractivity contribution in [2.24, 2.45) is 0 Å². The molecule has 0 fully saturated rings. The second kappa shape index (κ2) is 8.35. The van der Waals surface area contributed by atoms with Crippen LogP contribution in [0.1, 0.15) is 6.42 Å². The van der Waals surface area contributed by atoms with E-state index in [1.807, 2.05) is 24.3 Å². The van der Waals surface area contributed by atoms with Gasteiger partial charge in [-0.1, -0.05) is 38.5 Å². The summed E-state index contributed by atoms with van der Waals surface area (Å²) in [5.74, 6) is 0.925. The quantitative estimate of drug-likeness (QED) is 0.443. The van der Waals surface area contributed by atoms with E-state index in [0.717, 1.165) is 29.9 Å². The Hall–Kier alpha value is 0.190.